The van der Waals surface area contributed by atoms with Gasteiger partial charge in [-0.3, -0.25) is 0 Å². The van der Waals surface area contributed by atoms with Crippen LogP contribution in [0.4, 0.5) is 0 Å². The Morgan fingerprint density at radius 3 is 2.35 bits per heavy atom. The van der Waals surface area contributed by atoms with Crippen LogP contribution in [0.25, 0.3) is 0 Å². The number of rotatable bonds is 11. The third-order valence-corrected chi connectivity index (χ3v) is 3.70. The molecule has 2 nitrogen and oxygen atoms in total. The lowest BCUT2D eigenvalue weighted by molar-refractivity contribution is 0.119. The summed E-state index contributed by atoms with van der Waals surface area (Å²) in [4.78, 5) is 0. The average Bonchev–Trinajstić information content (AvgIpc) is 2.32. The van der Waals surface area contributed by atoms with E-state index >= 15 is 0 Å². The average molecular weight is 243 g/mol. The Morgan fingerprint density at radius 1 is 1.18 bits per heavy atom. The SMILES string of the molecule is CCCCC(CC)(CCOC)CNCC(C)C. The highest BCUT2D eigenvalue weighted by atomic mass is 16.5. The third-order valence-electron chi connectivity index (χ3n) is 3.70. The molecule has 0 aromatic carbocycles. The second kappa shape index (κ2) is 9.90. The van der Waals surface area contributed by atoms with Crippen LogP contribution in [0.5, 0.6) is 0 Å². The number of methoxy groups -OCH3 is 1. The lowest BCUT2D eigenvalue weighted by Crippen LogP contribution is -2.36. The molecule has 0 bridgehead atoms. The first-order chi connectivity index (χ1) is 8.10. The maximum absolute atomic E-state index is 5.28. The van der Waals surface area contributed by atoms with Crippen LogP contribution in [0, 0.1) is 11.3 Å². The Bertz CT molecular complexity index is 160. The Labute approximate surface area is 109 Å². The van der Waals surface area contributed by atoms with Gasteiger partial charge in [-0.05, 0) is 37.1 Å². The Balaban J connectivity index is 4.22. The van der Waals surface area contributed by atoms with Gasteiger partial charge in [0.15, 0.2) is 0 Å². The molecule has 1 unspecified atom stereocenters. The summed E-state index contributed by atoms with van der Waals surface area (Å²) in [5.41, 5.74) is 0.445. The zero-order valence-electron chi connectivity index (χ0n) is 12.6. The van der Waals surface area contributed by atoms with E-state index in [-0.39, 0.29) is 0 Å². The van der Waals surface area contributed by atoms with Crippen LogP contribution in [0.3, 0.4) is 0 Å². The van der Waals surface area contributed by atoms with Crippen LogP contribution >= 0.6 is 0 Å². The van der Waals surface area contributed by atoms with E-state index in [4.69, 9.17) is 4.74 Å². The van der Waals surface area contributed by atoms with Crippen molar-refractivity contribution in [1.29, 1.82) is 0 Å². The minimum absolute atomic E-state index is 0.445. The van der Waals surface area contributed by atoms with Crippen molar-refractivity contribution in [3.8, 4) is 0 Å². The van der Waals surface area contributed by atoms with E-state index in [1.807, 2.05) is 7.11 Å². The smallest absolute Gasteiger partial charge is 0.0468 e. The van der Waals surface area contributed by atoms with E-state index in [1.165, 1.54) is 32.1 Å². The zero-order valence-corrected chi connectivity index (χ0v) is 12.6. The molecule has 104 valence electrons. The molecule has 0 heterocycles. The largest absolute Gasteiger partial charge is 0.385 e. The van der Waals surface area contributed by atoms with Gasteiger partial charge in [-0.25, -0.2) is 0 Å². The molecule has 0 saturated heterocycles. The molecule has 1 N–H and O–H groups in total. The summed E-state index contributed by atoms with van der Waals surface area (Å²) in [6.45, 7) is 12.3. The van der Waals surface area contributed by atoms with Gasteiger partial charge in [0, 0.05) is 20.3 Å². The van der Waals surface area contributed by atoms with Crippen molar-refractivity contribution in [3.05, 3.63) is 0 Å². The number of hydrogen-bond donors (Lipinski definition) is 1. The Kier molecular flexibility index (Phi) is 9.85. The molecule has 0 aliphatic rings. The van der Waals surface area contributed by atoms with E-state index in [9.17, 15) is 0 Å². The summed E-state index contributed by atoms with van der Waals surface area (Å²) in [6, 6.07) is 0. The van der Waals surface area contributed by atoms with Crippen LogP contribution < -0.4 is 5.32 Å². The Morgan fingerprint density at radius 2 is 1.88 bits per heavy atom. The van der Waals surface area contributed by atoms with Gasteiger partial charge in [0.25, 0.3) is 0 Å². The molecular weight excluding hydrogens is 210 g/mol. The van der Waals surface area contributed by atoms with Crippen molar-refractivity contribution in [1.82, 2.24) is 5.32 Å². The summed E-state index contributed by atoms with van der Waals surface area (Å²) >= 11 is 0. The van der Waals surface area contributed by atoms with Crippen molar-refractivity contribution in [2.24, 2.45) is 11.3 Å². The van der Waals surface area contributed by atoms with Crippen LogP contribution in [0.1, 0.15) is 59.8 Å². The van der Waals surface area contributed by atoms with Gasteiger partial charge in [0.1, 0.15) is 0 Å². The van der Waals surface area contributed by atoms with Crippen LogP contribution in [0.2, 0.25) is 0 Å². The minimum atomic E-state index is 0.445. The molecule has 0 saturated carbocycles. The topological polar surface area (TPSA) is 21.3 Å². The van der Waals surface area contributed by atoms with Gasteiger partial charge in [-0.2, -0.15) is 0 Å². The lowest BCUT2D eigenvalue weighted by atomic mass is 9.77. The molecule has 0 aromatic heterocycles. The van der Waals surface area contributed by atoms with Gasteiger partial charge in [-0.1, -0.05) is 40.5 Å². The molecule has 0 aliphatic heterocycles. The summed E-state index contributed by atoms with van der Waals surface area (Å²) in [5, 5.41) is 3.64. The predicted octanol–water partition coefficient (Wildman–Crippen LogP) is 3.86. The second-order valence-corrected chi connectivity index (χ2v) is 5.72. The molecule has 17 heavy (non-hydrogen) atoms. The molecule has 0 aromatic rings. The zero-order chi connectivity index (χ0) is 13.1. The van der Waals surface area contributed by atoms with Crippen molar-refractivity contribution in [2.45, 2.75) is 59.8 Å². The summed E-state index contributed by atoms with van der Waals surface area (Å²) in [6.07, 6.45) is 6.39. The summed E-state index contributed by atoms with van der Waals surface area (Å²) in [5.74, 6) is 0.734. The Hall–Kier alpha value is -0.0800. The maximum atomic E-state index is 5.28. The third kappa shape index (κ3) is 7.77. The molecule has 0 fully saturated rings. The van der Waals surface area contributed by atoms with E-state index in [0.29, 0.717) is 5.41 Å². The summed E-state index contributed by atoms with van der Waals surface area (Å²) < 4.78 is 5.28. The summed E-state index contributed by atoms with van der Waals surface area (Å²) in [7, 11) is 1.81. The number of ether oxygens (including phenoxy) is 1. The quantitative estimate of drug-likeness (QED) is 0.595. The highest BCUT2D eigenvalue weighted by Gasteiger charge is 2.26. The fourth-order valence-corrected chi connectivity index (χ4v) is 2.28. The molecule has 0 radical (unpaired) electrons. The van der Waals surface area contributed by atoms with Crippen molar-refractivity contribution < 1.29 is 4.74 Å². The fourth-order valence-electron chi connectivity index (χ4n) is 2.28. The van der Waals surface area contributed by atoms with Crippen LogP contribution in [0.15, 0.2) is 0 Å². The van der Waals surface area contributed by atoms with E-state index in [0.717, 1.165) is 25.6 Å². The van der Waals surface area contributed by atoms with E-state index < -0.39 is 0 Å². The van der Waals surface area contributed by atoms with Crippen molar-refractivity contribution in [3.63, 3.8) is 0 Å². The van der Waals surface area contributed by atoms with Crippen LogP contribution in [-0.2, 0) is 4.74 Å². The van der Waals surface area contributed by atoms with Gasteiger partial charge in [0.2, 0.25) is 0 Å². The van der Waals surface area contributed by atoms with Gasteiger partial charge in [0.05, 0.1) is 0 Å². The monoisotopic (exact) mass is 243 g/mol. The molecular formula is C15H33NO. The minimum Gasteiger partial charge on any atom is -0.385 e. The van der Waals surface area contributed by atoms with Crippen molar-refractivity contribution >= 4 is 0 Å². The molecule has 0 amide bonds. The number of hydrogen-bond acceptors (Lipinski definition) is 2. The maximum Gasteiger partial charge on any atom is 0.0468 e. The lowest BCUT2D eigenvalue weighted by Gasteiger charge is -2.33. The standard InChI is InChI=1S/C15H33NO/c1-6-8-9-15(7-2,10-11-17-5)13-16-12-14(3)4/h14,16H,6-13H2,1-5H3. The molecule has 0 aliphatic carbocycles. The van der Waals surface area contributed by atoms with Gasteiger partial charge >= 0.3 is 0 Å². The first-order valence-electron chi connectivity index (χ1n) is 7.30. The molecule has 2 heteroatoms. The van der Waals surface area contributed by atoms with Gasteiger partial charge in [-0.15, -0.1) is 0 Å². The highest BCUT2D eigenvalue weighted by molar-refractivity contribution is 4.80. The normalized spacial score (nSPS) is 15.2. The molecule has 0 rings (SSSR count). The first-order valence-corrected chi connectivity index (χ1v) is 7.30. The first kappa shape index (κ1) is 16.9. The predicted molar refractivity (Wildman–Crippen MR) is 76.4 cm³/mol. The van der Waals surface area contributed by atoms with Gasteiger partial charge < -0.3 is 10.1 Å². The van der Waals surface area contributed by atoms with Crippen LogP contribution in [-0.4, -0.2) is 26.8 Å². The van der Waals surface area contributed by atoms with E-state index in [1.54, 1.807) is 0 Å². The molecule has 0 spiro atoms. The fraction of sp³-hybridized carbons (Fsp3) is 1.00. The number of unbranched alkanes of at least 4 members (excludes halogenated alkanes) is 1. The van der Waals surface area contributed by atoms with E-state index in [2.05, 4.69) is 33.0 Å². The molecule has 1 atom stereocenters. The second-order valence-electron chi connectivity index (χ2n) is 5.72. The van der Waals surface area contributed by atoms with Crippen molar-refractivity contribution in [2.75, 3.05) is 26.8 Å². The highest BCUT2D eigenvalue weighted by Crippen LogP contribution is 2.32. The number of nitrogens with one attached hydrogen (secondary N) is 1.